The molecule has 1 aliphatic heterocycles. The quantitative estimate of drug-likeness (QED) is 0.861. The summed E-state index contributed by atoms with van der Waals surface area (Å²) in [4.78, 5) is 14.0. The summed E-state index contributed by atoms with van der Waals surface area (Å²) < 4.78 is 0. The number of anilines is 1. The zero-order chi connectivity index (χ0) is 14.8. The molecule has 0 atom stereocenters. The minimum absolute atomic E-state index is 0.00746. The van der Waals surface area contributed by atoms with E-state index in [1.165, 1.54) is 0 Å². The first-order valence-electron chi connectivity index (χ1n) is 6.74. The fourth-order valence-corrected chi connectivity index (χ4v) is 2.54. The first kappa shape index (κ1) is 14.4. The van der Waals surface area contributed by atoms with E-state index in [1.807, 2.05) is 44.0 Å². The van der Waals surface area contributed by atoms with Gasteiger partial charge in [0.2, 0.25) is 5.91 Å². The van der Waals surface area contributed by atoms with Crippen molar-refractivity contribution in [2.45, 2.75) is 25.9 Å². The number of hydrogen-bond donors (Lipinski definition) is 2. The Kier molecular flexibility index (Phi) is 3.96. The van der Waals surface area contributed by atoms with Gasteiger partial charge in [0, 0.05) is 19.6 Å². The van der Waals surface area contributed by atoms with Crippen molar-refractivity contribution in [1.82, 2.24) is 10.6 Å². The van der Waals surface area contributed by atoms with Gasteiger partial charge in [-0.3, -0.25) is 4.79 Å². The molecule has 1 heterocycles. The van der Waals surface area contributed by atoms with Crippen molar-refractivity contribution in [2.75, 3.05) is 25.0 Å². The second-order valence-electron chi connectivity index (χ2n) is 5.46. The number of amides is 1. The maximum atomic E-state index is 12.0. The molecular formula is C15H20N4O. The summed E-state index contributed by atoms with van der Waals surface area (Å²) in [6.45, 7) is 5.79. The summed E-state index contributed by atoms with van der Waals surface area (Å²) in [6, 6.07) is 8.06. The smallest absolute Gasteiger partial charge is 0.245 e. The Morgan fingerprint density at radius 1 is 1.50 bits per heavy atom. The van der Waals surface area contributed by atoms with Crippen LogP contribution >= 0.6 is 0 Å². The molecule has 0 radical (unpaired) electrons. The molecule has 0 unspecified atom stereocenters. The molecule has 2 N–H and O–H groups in total. The molecule has 20 heavy (non-hydrogen) atoms. The highest BCUT2D eigenvalue weighted by molar-refractivity contribution is 5.91. The van der Waals surface area contributed by atoms with Crippen molar-refractivity contribution in [2.24, 2.45) is 0 Å². The van der Waals surface area contributed by atoms with Crippen LogP contribution in [0.2, 0.25) is 0 Å². The lowest BCUT2D eigenvalue weighted by Crippen LogP contribution is -2.62. The molecule has 2 rings (SSSR count). The number of nitrogens with one attached hydrogen (secondary N) is 2. The molecule has 1 amide bonds. The van der Waals surface area contributed by atoms with E-state index in [1.54, 1.807) is 0 Å². The first-order valence-corrected chi connectivity index (χ1v) is 6.74. The molecule has 5 heteroatoms. The highest BCUT2D eigenvalue weighted by Crippen LogP contribution is 2.29. The monoisotopic (exact) mass is 272 g/mol. The van der Waals surface area contributed by atoms with Gasteiger partial charge in [-0.25, -0.2) is 0 Å². The van der Waals surface area contributed by atoms with E-state index in [0.717, 1.165) is 17.8 Å². The molecule has 0 aromatic heterocycles. The van der Waals surface area contributed by atoms with Crippen LogP contribution in [0.25, 0.3) is 0 Å². The molecule has 1 aliphatic rings. The number of hydrogen-bond acceptors (Lipinski definition) is 4. The van der Waals surface area contributed by atoms with Crippen LogP contribution < -0.4 is 15.5 Å². The Morgan fingerprint density at radius 3 is 2.90 bits per heavy atom. The summed E-state index contributed by atoms with van der Waals surface area (Å²) in [6.07, 6.45) is 0. The van der Waals surface area contributed by atoms with Gasteiger partial charge in [0.15, 0.2) is 0 Å². The van der Waals surface area contributed by atoms with Crippen LogP contribution in [0.5, 0.6) is 0 Å². The number of nitriles is 1. The number of nitrogens with zero attached hydrogens (tertiary/aromatic N) is 2. The SMILES string of the molecule is CNCc1ccc(N2CCNC(=O)C2(C)C)c(C#N)c1. The lowest BCUT2D eigenvalue weighted by molar-refractivity contribution is -0.126. The number of benzene rings is 1. The third-order valence-corrected chi connectivity index (χ3v) is 3.70. The van der Waals surface area contributed by atoms with Crippen molar-refractivity contribution in [3.63, 3.8) is 0 Å². The highest BCUT2D eigenvalue weighted by Gasteiger charge is 2.38. The van der Waals surface area contributed by atoms with Gasteiger partial charge >= 0.3 is 0 Å². The van der Waals surface area contributed by atoms with Crippen LogP contribution in [0.1, 0.15) is 25.0 Å². The van der Waals surface area contributed by atoms with Gasteiger partial charge in [-0.15, -0.1) is 0 Å². The zero-order valence-corrected chi connectivity index (χ0v) is 12.2. The zero-order valence-electron chi connectivity index (χ0n) is 12.2. The topological polar surface area (TPSA) is 68.2 Å². The molecule has 1 aromatic rings. The van der Waals surface area contributed by atoms with Gasteiger partial charge in [-0.2, -0.15) is 5.26 Å². The summed E-state index contributed by atoms with van der Waals surface area (Å²) in [7, 11) is 1.87. The van der Waals surface area contributed by atoms with Crippen molar-refractivity contribution in [3.05, 3.63) is 29.3 Å². The minimum Gasteiger partial charge on any atom is -0.355 e. The van der Waals surface area contributed by atoms with E-state index in [4.69, 9.17) is 0 Å². The van der Waals surface area contributed by atoms with E-state index in [-0.39, 0.29) is 5.91 Å². The Balaban J connectivity index is 2.42. The largest absolute Gasteiger partial charge is 0.355 e. The van der Waals surface area contributed by atoms with Gasteiger partial charge in [0.1, 0.15) is 11.6 Å². The van der Waals surface area contributed by atoms with E-state index in [0.29, 0.717) is 18.7 Å². The number of rotatable bonds is 3. The molecule has 5 nitrogen and oxygen atoms in total. The van der Waals surface area contributed by atoms with Crippen LogP contribution in [0.4, 0.5) is 5.69 Å². The van der Waals surface area contributed by atoms with Crippen molar-refractivity contribution >= 4 is 11.6 Å². The second-order valence-corrected chi connectivity index (χ2v) is 5.46. The van der Waals surface area contributed by atoms with Gasteiger partial charge in [0.25, 0.3) is 0 Å². The molecule has 0 saturated carbocycles. The third-order valence-electron chi connectivity index (χ3n) is 3.70. The molecule has 0 bridgehead atoms. The van der Waals surface area contributed by atoms with Crippen LogP contribution in [0.15, 0.2) is 18.2 Å². The number of carbonyl (C=O) groups excluding carboxylic acids is 1. The number of piperazine rings is 1. The molecule has 1 fully saturated rings. The van der Waals surface area contributed by atoms with E-state index in [2.05, 4.69) is 16.7 Å². The Morgan fingerprint density at radius 2 is 2.25 bits per heavy atom. The van der Waals surface area contributed by atoms with Crippen LogP contribution in [-0.4, -0.2) is 31.6 Å². The summed E-state index contributed by atoms with van der Waals surface area (Å²) >= 11 is 0. The third kappa shape index (κ3) is 2.47. The summed E-state index contributed by atoms with van der Waals surface area (Å²) in [5, 5.41) is 15.3. The van der Waals surface area contributed by atoms with Gasteiger partial charge < -0.3 is 15.5 Å². The van der Waals surface area contributed by atoms with Crippen LogP contribution in [0.3, 0.4) is 0 Å². The summed E-state index contributed by atoms with van der Waals surface area (Å²) in [5.74, 6) is -0.00746. The Hall–Kier alpha value is -2.06. The fourth-order valence-electron chi connectivity index (χ4n) is 2.54. The van der Waals surface area contributed by atoms with Crippen LogP contribution in [0, 0.1) is 11.3 Å². The Labute approximate surface area is 119 Å². The lowest BCUT2D eigenvalue weighted by atomic mass is 9.96. The van der Waals surface area contributed by atoms with E-state index < -0.39 is 5.54 Å². The highest BCUT2D eigenvalue weighted by atomic mass is 16.2. The molecular weight excluding hydrogens is 252 g/mol. The van der Waals surface area contributed by atoms with Crippen molar-refractivity contribution in [1.29, 1.82) is 5.26 Å². The Bertz CT molecular complexity index is 559. The normalized spacial score (nSPS) is 17.5. The molecule has 106 valence electrons. The first-order chi connectivity index (χ1) is 9.50. The average molecular weight is 272 g/mol. The molecule has 1 aromatic carbocycles. The molecule has 0 spiro atoms. The molecule has 1 saturated heterocycles. The lowest BCUT2D eigenvalue weighted by Gasteiger charge is -2.43. The standard InChI is InChI=1S/C15H20N4O/c1-15(2)14(20)18-6-7-19(15)13-5-4-11(10-17-3)8-12(13)9-16/h4-5,8,17H,6-7,10H2,1-3H3,(H,18,20). The van der Waals surface area contributed by atoms with Gasteiger partial charge in [-0.05, 0) is 38.6 Å². The maximum absolute atomic E-state index is 12.0. The van der Waals surface area contributed by atoms with E-state index in [9.17, 15) is 10.1 Å². The van der Waals surface area contributed by atoms with Crippen LogP contribution in [-0.2, 0) is 11.3 Å². The average Bonchev–Trinajstić information content (AvgIpc) is 2.42. The predicted molar refractivity (Wildman–Crippen MR) is 78.4 cm³/mol. The van der Waals surface area contributed by atoms with Crippen molar-refractivity contribution < 1.29 is 4.79 Å². The maximum Gasteiger partial charge on any atom is 0.245 e. The fraction of sp³-hybridized carbons (Fsp3) is 0.467. The summed E-state index contributed by atoms with van der Waals surface area (Å²) in [5.41, 5.74) is 1.86. The van der Waals surface area contributed by atoms with Gasteiger partial charge in [-0.1, -0.05) is 6.07 Å². The van der Waals surface area contributed by atoms with Gasteiger partial charge in [0.05, 0.1) is 11.3 Å². The van der Waals surface area contributed by atoms with E-state index >= 15 is 0 Å². The predicted octanol–water partition coefficient (Wildman–Crippen LogP) is 0.992. The minimum atomic E-state index is -0.644. The number of carbonyl (C=O) groups is 1. The molecule has 0 aliphatic carbocycles. The second kappa shape index (κ2) is 5.51. The van der Waals surface area contributed by atoms with Crippen molar-refractivity contribution in [3.8, 4) is 6.07 Å².